The van der Waals surface area contributed by atoms with Gasteiger partial charge in [-0.25, -0.2) is 0 Å². The fourth-order valence-corrected chi connectivity index (χ4v) is 2.58. The van der Waals surface area contributed by atoms with Crippen LogP contribution < -0.4 is 0 Å². The fraction of sp³-hybridized carbons (Fsp3) is 0.917. The lowest BCUT2D eigenvalue weighted by molar-refractivity contribution is -0.138. The molecule has 0 spiro atoms. The molecule has 1 rings (SSSR count). The standard InChI is InChI=1S/C12H24N2O2/c1-4-11-9-13(3)6-5-7-14(11)10(2)8-12(15)16/h10-11H,4-9H2,1-3H3,(H,15,16). The highest BCUT2D eigenvalue weighted by molar-refractivity contribution is 5.67. The minimum atomic E-state index is -0.694. The first-order chi connectivity index (χ1) is 7.54. The Morgan fingerprint density at radius 3 is 2.75 bits per heavy atom. The highest BCUT2D eigenvalue weighted by atomic mass is 16.4. The highest BCUT2D eigenvalue weighted by Crippen LogP contribution is 2.16. The summed E-state index contributed by atoms with van der Waals surface area (Å²) in [6.45, 7) is 7.41. The third-order valence-electron chi connectivity index (χ3n) is 3.46. The zero-order valence-corrected chi connectivity index (χ0v) is 10.6. The Morgan fingerprint density at radius 1 is 1.50 bits per heavy atom. The van der Waals surface area contributed by atoms with Crippen molar-refractivity contribution in [1.82, 2.24) is 9.80 Å². The van der Waals surface area contributed by atoms with E-state index in [0.29, 0.717) is 6.04 Å². The molecule has 4 heteroatoms. The van der Waals surface area contributed by atoms with Crippen molar-refractivity contribution < 1.29 is 9.90 Å². The predicted octanol–water partition coefficient (Wildman–Crippen LogP) is 1.27. The Morgan fingerprint density at radius 2 is 2.19 bits per heavy atom. The molecule has 1 aliphatic rings. The minimum absolute atomic E-state index is 0.147. The van der Waals surface area contributed by atoms with Crippen LogP contribution in [-0.4, -0.2) is 59.6 Å². The lowest BCUT2D eigenvalue weighted by Crippen LogP contribution is -2.45. The summed E-state index contributed by atoms with van der Waals surface area (Å²) in [7, 11) is 2.15. The van der Waals surface area contributed by atoms with Crippen molar-refractivity contribution in [1.29, 1.82) is 0 Å². The normalized spacial score (nSPS) is 26.3. The molecule has 0 saturated carbocycles. The quantitative estimate of drug-likeness (QED) is 0.787. The molecule has 0 aromatic heterocycles. The molecule has 2 unspecified atom stereocenters. The van der Waals surface area contributed by atoms with E-state index in [0.717, 1.165) is 32.5 Å². The molecular weight excluding hydrogens is 204 g/mol. The third kappa shape index (κ3) is 3.76. The maximum Gasteiger partial charge on any atom is 0.304 e. The van der Waals surface area contributed by atoms with Crippen molar-refractivity contribution >= 4 is 5.97 Å². The monoisotopic (exact) mass is 228 g/mol. The summed E-state index contributed by atoms with van der Waals surface area (Å²) in [5.41, 5.74) is 0. The second-order valence-corrected chi connectivity index (χ2v) is 4.86. The van der Waals surface area contributed by atoms with Gasteiger partial charge in [0.25, 0.3) is 0 Å². The van der Waals surface area contributed by atoms with Crippen molar-refractivity contribution in [3.8, 4) is 0 Å². The summed E-state index contributed by atoms with van der Waals surface area (Å²) in [5, 5.41) is 8.86. The zero-order chi connectivity index (χ0) is 12.1. The first-order valence-corrected chi connectivity index (χ1v) is 6.20. The smallest absolute Gasteiger partial charge is 0.304 e. The molecule has 1 heterocycles. The molecule has 1 aliphatic heterocycles. The number of likely N-dealkylation sites (N-methyl/N-ethyl adjacent to an activating group) is 1. The van der Waals surface area contributed by atoms with E-state index in [1.807, 2.05) is 6.92 Å². The van der Waals surface area contributed by atoms with Gasteiger partial charge in [0.1, 0.15) is 0 Å². The summed E-state index contributed by atoms with van der Waals surface area (Å²) >= 11 is 0. The first kappa shape index (κ1) is 13.5. The predicted molar refractivity (Wildman–Crippen MR) is 64.6 cm³/mol. The van der Waals surface area contributed by atoms with Crippen LogP contribution in [0.2, 0.25) is 0 Å². The Bertz CT molecular complexity index is 233. The van der Waals surface area contributed by atoms with Gasteiger partial charge in [-0.05, 0) is 39.9 Å². The Kier molecular flexibility index (Phi) is 5.22. The Balaban J connectivity index is 2.63. The van der Waals surface area contributed by atoms with Crippen LogP contribution in [-0.2, 0) is 4.79 Å². The van der Waals surface area contributed by atoms with Crippen molar-refractivity contribution in [3.05, 3.63) is 0 Å². The van der Waals surface area contributed by atoms with E-state index in [-0.39, 0.29) is 12.5 Å². The largest absolute Gasteiger partial charge is 0.481 e. The minimum Gasteiger partial charge on any atom is -0.481 e. The van der Waals surface area contributed by atoms with Gasteiger partial charge >= 0.3 is 5.97 Å². The van der Waals surface area contributed by atoms with E-state index in [1.54, 1.807) is 0 Å². The van der Waals surface area contributed by atoms with Gasteiger partial charge < -0.3 is 10.0 Å². The van der Waals surface area contributed by atoms with Gasteiger partial charge in [0.05, 0.1) is 6.42 Å². The summed E-state index contributed by atoms with van der Waals surface area (Å²) < 4.78 is 0. The molecule has 1 saturated heterocycles. The van der Waals surface area contributed by atoms with Gasteiger partial charge in [0.15, 0.2) is 0 Å². The van der Waals surface area contributed by atoms with Crippen LogP contribution in [0.1, 0.15) is 33.1 Å². The maximum atomic E-state index is 10.8. The molecule has 0 aliphatic carbocycles. The van der Waals surface area contributed by atoms with Gasteiger partial charge in [-0.1, -0.05) is 6.92 Å². The maximum absolute atomic E-state index is 10.8. The van der Waals surface area contributed by atoms with Crippen molar-refractivity contribution in [2.45, 2.75) is 45.2 Å². The summed E-state index contributed by atoms with van der Waals surface area (Å²) in [6.07, 6.45) is 2.48. The molecule has 2 atom stereocenters. The number of hydrogen-bond donors (Lipinski definition) is 1. The summed E-state index contributed by atoms with van der Waals surface area (Å²) in [4.78, 5) is 15.5. The molecule has 0 amide bonds. The van der Waals surface area contributed by atoms with E-state index in [2.05, 4.69) is 23.8 Å². The molecule has 1 fully saturated rings. The number of nitrogens with zero attached hydrogens (tertiary/aromatic N) is 2. The molecule has 94 valence electrons. The van der Waals surface area contributed by atoms with Crippen LogP contribution >= 0.6 is 0 Å². The lowest BCUT2D eigenvalue weighted by Gasteiger charge is -2.34. The van der Waals surface area contributed by atoms with E-state index < -0.39 is 5.97 Å². The van der Waals surface area contributed by atoms with E-state index >= 15 is 0 Å². The molecule has 0 aromatic rings. The number of carbonyl (C=O) groups is 1. The zero-order valence-electron chi connectivity index (χ0n) is 10.6. The summed E-state index contributed by atoms with van der Waals surface area (Å²) in [5.74, 6) is -0.694. The number of carboxylic acid groups (broad SMARTS) is 1. The van der Waals surface area contributed by atoms with Gasteiger partial charge in [-0.3, -0.25) is 9.69 Å². The van der Waals surface area contributed by atoms with Crippen LogP contribution in [0.15, 0.2) is 0 Å². The molecular formula is C12H24N2O2. The molecule has 1 N–H and O–H groups in total. The second kappa shape index (κ2) is 6.21. The number of hydrogen-bond acceptors (Lipinski definition) is 3. The van der Waals surface area contributed by atoms with Crippen LogP contribution in [0.3, 0.4) is 0 Å². The molecule has 0 radical (unpaired) electrons. The lowest BCUT2D eigenvalue weighted by atomic mass is 10.1. The Labute approximate surface area is 98.2 Å². The van der Waals surface area contributed by atoms with E-state index in [1.165, 1.54) is 0 Å². The van der Waals surface area contributed by atoms with Crippen molar-refractivity contribution in [2.24, 2.45) is 0 Å². The third-order valence-corrected chi connectivity index (χ3v) is 3.46. The van der Waals surface area contributed by atoms with Gasteiger partial charge in [0, 0.05) is 18.6 Å². The number of carboxylic acids is 1. The van der Waals surface area contributed by atoms with E-state index in [4.69, 9.17) is 5.11 Å². The van der Waals surface area contributed by atoms with Gasteiger partial charge in [0.2, 0.25) is 0 Å². The van der Waals surface area contributed by atoms with Crippen LogP contribution in [0.4, 0.5) is 0 Å². The second-order valence-electron chi connectivity index (χ2n) is 4.86. The SMILES string of the molecule is CCC1CN(C)CCCN1C(C)CC(=O)O. The fourth-order valence-electron chi connectivity index (χ4n) is 2.58. The molecule has 0 bridgehead atoms. The number of aliphatic carboxylic acids is 1. The van der Waals surface area contributed by atoms with Gasteiger partial charge in [-0.15, -0.1) is 0 Å². The summed E-state index contributed by atoms with van der Waals surface area (Å²) in [6, 6.07) is 0.649. The average molecular weight is 228 g/mol. The molecule has 4 nitrogen and oxygen atoms in total. The van der Waals surface area contributed by atoms with Crippen molar-refractivity contribution in [2.75, 3.05) is 26.7 Å². The average Bonchev–Trinajstić information content (AvgIpc) is 2.38. The molecule has 0 aromatic carbocycles. The van der Waals surface area contributed by atoms with E-state index in [9.17, 15) is 4.79 Å². The van der Waals surface area contributed by atoms with Crippen LogP contribution in [0.25, 0.3) is 0 Å². The molecule has 16 heavy (non-hydrogen) atoms. The topological polar surface area (TPSA) is 43.8 Å². The van der Waals surface area contributed by atoms with Crippen molar-refractivity contribution in [3.63, 3.8) is 0 Å². The Hall–Kier alpha value is -0.610. The van der Waals surface area contributed by atoms with Crippen LogP contribution in [0, 0.1) is 0 Å². The highest BCUT2D eigenvalue weighted by Gasteiger charge is 2.26. The first-order valence-electron chi connectivity index (χ1n) is 6.20. The van der Waals surface area contributed by atoms with Gasteiger partial charge in [-0.2, -0.15) is 0 Å². The van der Waals surface area contributed by atoms with Crippen LogP contribution in [0.5, 0.6) is 0 Å². The number of rotatable bonds is 4.